The van der Waals surface area contributed by atoms with Gasteiger partial charge in [0.25, 0.3) is 0 Å². The minimum atomic E-state index is -1.12. The van der Waals surface area contributed by atoms with Crippen molar-refractivity contribution in [2.45, 2.75) is 32.4 Å². The van der Waals surface area contributed by atoms with E-state index < -0.39 is 36.5 Å². The van der Waals surface area contributed by atoms with Crippen molar-refractivity contribution in [2.24, 2.45) is 11.7 Å². The summed E-state index contributed by atoms with van der Waals surface area (Å²) in [6.07, 6.45) is 0.297. The van der Waals surface area contributed by atoms with E-state index in [4.69, 9.17) is 15.9 Å². The number of carbonyl (C=O) groups excluding carboxylic acids is 2. The van der Waals surface area contributed by atoms with Gasteiger partial charge in [0.15, 0.2) is 0 Å². The molecular weight excluding hydrogens is 254 g/mol. The normalized spacial score (nSPS) is 13.7. The fourth-order valence-electron chi connectivity index (χ4n) is 1.32. The molecule has 0 rings (SSSR count). The average molecular weight is 275 g/mol. The van der Waals surface area contributed by atoms with Gasteiger partial charge in [-0.2, -0.15) is 0 Å². The number of carboxylic acids is 1. The van der Waals surface area contributed by atoms with Gasteiger partial charge in [-0.15, -0.1) is 0 Å². The van der Waals surface area contributed by atoms with Crippen LogP contribution in [0.25, 0.3) is 0 Å². The van der Waals surface area contributed by atoms with Crippen LogP contribution in [0.4, 0.5) is 0 Å². The molecular formula is C11H21N3O5. The molecule has 0 radical (unpaired) electrons. The molecule has 0 bridgehead atoms. The molecule has 0 aromatic carbocycles. The van der Waals surface area contributed by atoms with Crippen LogP contribution in [0.2, 0.25) is 0 Å². The van der Waals surface area contributed by atoms with E-state index in [1.165, 1.54) is 0 Å². The lowest BCUT2D eigenvalue weighted by Gasteiger charge is -2.17. The van der Waals surface area contributed by atoms with E-state index in [0.29, 0.717) is 6.42 Å². The average Bonchev–Trinajstić information content (AvgIpc) is 2.33. The Morgan fingerprint density at radius 3 is 2.26 bits per heavy atom. The highest BCUT2D eigenvalue weighted by atomic mass is 16.4. The lowest BCUT2D eigenvalue weighted by atomic mass is 10.0. The fourth-order valence-corrected chi connectivity index (χ4v) is 1.32. The van der Waals surface area contributed by atoms with E-state index in [0.717, 1.165) is 0 Å². The second-order valence-corrected chi connectivity index (χ2v) is 4.59. The number of nitrogens with one attached hydrogen (secondary N) is 2. The molecule has 6 N–H and O–H groups in total. The quantitative estimate of drug-likeness (QED) is 0.348. The monoisotopic (exact) mass is 275 g/mol. The van der Waals surface area contributed by atoms with E-state index >= 15 is 0 Å². The molecule has 2 unspecified atom stereocenters. The van der Waals surface area contributed by atoms with Gasteiger partial charge < -0.3 is 26.6 Å². The third-order valence-electron chi connectivity index (χ3n) is 2.30. The first kappa shape index (κ1) is 17.3. The fraction of sp³-hybridized carbons (Fsp3) is 0.727. The van der Waals surface area contributed by atoms with E-state index in [1.54, 1.807) is 0 Å². The highest BCUT2D eigenvalue weighted by Crippen LogP contribution is 2.04. The van der Waals surface area contributed by atoms with Gasteiger partial charge in [-0.05, 0) is 12.3 Å². The smallest absolute Gasteiger partial charge is 0.326 e. The summed E-state index contributed by atoms with van der Waals surface area (Å²) >= 11 is 0. The number of carboxylic acid groups (broad SMARTS) is 1. The lowest BCUT2D eigenvalue weighted by molar-refractivity contribution is -0.142. The standard InChI is InChI=1S/C11H21N3O5/c1-6(2)3-8(11(18)19)14-9(16)4-13-10(17)7(12)5-15/h6-8,15H,3-5,12H2,1-2H3,(H,13,17)(H,14,16)(H,18,19). The van der Waals surface area contributed by atoms with Crippen molar-refractivity contribution in [3.05, 3.63) is 0 Å². The number of rotatable bonds is 8. The van der Waals surface area contributed by atoms with Gasteiger partial charge in [-0.3, -0.25) is 9.59 Å². The predicted molar refractivity (Wildman–Crippen MR) is 67.1 cm³/mol. The molecule has 0 aromatic rings. The summed E-state index contributed by atoms with van der Waals surface area (Å²) in [6, 6.07) is -2.09. The van der Waals surface area contributed by atoms with Crippen LogP contribution >= 0.6 is 0 Å². The zero-order chi connectivity index (χ0) is 15.0. The first-order valence-electron chi connectivity index (χ1n) is 5.94. The molecule has 2 atom stereocenters. The summed E-state index contributed by atoms with van der Waals surface area (Å²) in [5, 5.41) is 22.0. The number of aliphatic hydroxyl groups is 1. The molecule has 8 nitrogen and oxygen atoms in total. The molecule has 0 aliphatic heterocycles. The lowest BCUT2D eigenvalue weighted by Crippen LogP contribution is -2.49. The molecule has 0 saturated heterocycles. The van der Waals surface area contributed by atoms with Crippen LogP contribution in [0, 0.1) is 5.92 Å². The van der Waals surface area contributed by atoms with Gasteiger partial charge in [-0.1, -0.05) is 13.8 Å². The van der Waals surface area contributed by atoms with Gasteiger partial charge >= 0.3 is 5.97 Å². The van der Waals surface area contributed by atoms with E-state index in [1.807, 2.05) is 13.8 Å². The molecule has 8 heteroatoms. The van der Waals surface area contributed by atoms with Gasteiger partial charge in [0.2, 0.25) is 11.8 Å². The number of nitrogens with two attached hydrogens (primary N) is 1. The summed E-state index contributed by atoms with van der Waals surface area (Å²) in [4.78, 5) is 33.6. The minimum absolute atomic E-state index is 0.110. The Labute approximate surface area is 111 Å². The molecule has 19 heavy (non-hydrogen) atoms. The molecule has 2 amide bonds. The summed E-state index contributed by atoms with van der Waals surface area (Å²) in [6.45, 7) is 2.77. The molecule has 0 spiro atoms. The minimum Gasteiger partial charge on any atom is -0.480 e. The topological polar surface area (TPSA) is 142 Å². The number of carbonyl (C=O) groups is 3. The maximum atomic E-state index is 11.5. The summed E-state index contributed by atoms with van der Waals surface area (Å²) in [7, 11) is 0. The van der Waals surface area contributed by atoms with Crippen LogP contribution in [-0.4, -0.2) is 53.2 Å². The van der Waals surface area contributed by atoms with Crippen molar-refractivity contribution in [2.75, 3.05) is 13.2 Å². The zero-order valence-corrected chi connectivity index (χ0v) is 11.0. The third-order valence-corrected chi connectivity index (χ3v) is 2.30. The predicted octanol–water partition coefficient (Wildman–Crippen LogP) is -1.96. The van der Waals surface area contributed by atoms with Gasteiger partial charge in [0.1, 0.15) is 12.1 Å². The van der Waals surface area contributed by atoms with Crippen molar-refractivity contribution >= 4 is 17.8 Å². The van der Waals surface area contributed by atoms with E-state index in [2.05, 4.69) is 10.6 Å². The number of hydrogen-bond acceptors (Lipinski definition) is 5. The number of aliphatic carboxylic acids is 1. The molecule has 110 valence electrons. The Bertz CT molecular complexity index is 332. The van der Waals surface area contributed by atoms with Crippen LogP contribution in [-0.2, 0) is 14.4 Å². The van der Waals surface area contributed by atoms with Gasteiger partial charge in [0, 0.05) is 0 Å². The maximum absolute atomic E-state index is 11.5. The SMILES string of the molecule is CC(C)CC(NC(=O)CNC(=O)C(N)CO)C(=O)O. The highest BCUT2D eigenvalue weighted by Gasteiger charge is 2.21. The molecule has 0 aliphatic rings. The number of aliphatic hydroxyl groups excluding tert-OH is 1. The third kappa shape index (κ3) is 7.37. The largest absolute Gasteiger partial charge is 0.480 e. The summed E-state index contributed by atoms with van der Waals surface area (Å²) in [5.74, 6) is -2.31. The first-order valence-corrected chi connectivity index (χ1v) is 5.94. The molecule has 0 aromatic heterocycles. The van der Waals surface area contributed by atoms with Crippen molar-refractivity contribution in [3.8, 4) is 0 Å². The van der Waals surface area contributed by atoms with Gasteiger partial charge in [0.05, 0.1) is 13.2 Å². The van der Waals surface area contributed by atoms with Gasteiger partial charge in [-0.25, -0.2) is 4.79 Å². The molecule has 0 aliphatic carbocycles. The highest BCUT2D eigenvalue weighted by molar-refractivity contribution is 5.89. The number of amides is 2. The van der Waals surface area contributed by atoms with Crippen LogP contribution in [0.5, 0.6) is 0 Å². The Morgan fingerprint density at radius 1 is 1.26 bits per heavy atom. The zero-order valence-electron chi connectivity index (χ0n) is 11.0. The maximum Gasteiger partial charge on any atom is 0.326 e. The second kappa shape index (κ2) is 8.44. The van der Waals surface area contributed by atoms with Crippen LogP contribution in [0.3, 0.4) is 0 Å². The van der Waals surface area contributed by atoms with Crippen molar-refractivity contribution in [1.82, 2.24) is 10.6 Å². The summed E-state index contributed by atoms with van der Waals surface area (Å²) in [5.41, 5.74) is 5.23. The van der Waals surface area contributed by atoms with Crippen molar-refractivity contribution < 1.29 is 24.6 Å². The Hall–Kier alpha value is -1.67. The first-order chi connectivity index (χ1) is 8.77. The molecule has 0 fully saturated rings. The van der Waals surface area contributed by atoms with E-state index in [9.17, 15) is 14.4 Å². The van der Waals surface area contributed by atoms with E-state index in [-0.39, 0.29) is 12.5 Å². The van der Waals surface area contributed by atoms with Crippen LogP contribution < -0.4 is 16.4 Å². The molecule has 0 saturated carbocycles. The van der Waals surface area contributed by atoms with Crippen LogP contribution in [0.15, 0.2) is 0 Å². The van der Waals surface area contributed by atoms with Crippen molar-refractivity contribution in [1.29, 1.82) is 0 Å². The Morgan fingerprint density at radius 2 is 1.84 bits per heavy atom. The summed E-state index contributed by atoms with van der Waals surface area (Å²) < 4.78 is 0. The van der Waals surface area contributed by atoms with Crippen LogP contribution in [0.1, 0.15) is 20.3 Å². The second-order valence-electron chi connectivity index (χ2n) is 4.59. The molecule has 0 heterocycles. The Kier molecular flexibility index (Phi) is 7.69. The van der Waals surface area contributed by atoms with Crippen molar-refractivity contribution in [3.63, 3.8) is 0 Å². The Balaban J connectivity index is 4.20. The number of hydrogen-bond donors (Lipinski definition) is 5.